The lowest BCUT2D eigenvalue weighted by atomic mass is 10.2. The molecule has 1 amide bonds. The van der Waals surface area contributed by atoms with Crippen LogP contribution in [0, 0.1) is 11.3 Å². The Morgan fingerprint density at radius 2 is 1.95 bits per heavy atom. The van der Waals surface area contributed by atoms with Gasteiger partial charge >= 0.3 is 5.97 Å². The van der Waals surface area contributed by atoms with Crippen LogP contribution in [0.4, 0.5) is 5.69 Å². The van der Waals surface area contributed by atoms with Crippen LogP contribution in [-0.2, 0) is 14.3 Å². The molecule has 1 rings (SSSR count). The number of nitriles is 1. The summed E-state index contributed by atoms with van der Waals surface area (Å²) < 4.78 is 4.68. The standard InChI is InChI=1S/C15H16N2O4/c1-3-21-15(20)13(9-16)14(19)10-17(11(2)18)12-7-5-4-6-8-12/h4-8,19H,3,10H2,1-2H3/b14-13-. The molecule has 1 aromatic rings. The van der Waals surface area contributed by atoms with Gasteiger partial charge in [0.15, 0.2) is 5.57 Å². The van der Waals surface area contributed by atoms with Gasteiger partial charge in [-0.15, -0.1) is 0 Å². The molecule has 0 aliphatic carbocycles. The van der Waals surface area contributed by atoms with Crippen LogP contribution in [0.3, 0.4) is 0 Å². The molecule has 0 aliphatic heterocycles. The van der Waals surface area contributed by atoms with Crippen molar-refractivity contribution < 1.29 is 19.4 Å². The maximum Gasteiger partial charge on any atom is 0.352 e. The lowest BCUT2D eigenvalue weighted by Crippen LogP contribution is -2.31. The molecular formula is C15H16N2O4. The molecule has 0 fully saturated rings. The third kappa shape index (κ3) is 4.35. The molecule has 6 nitrogen and oxygen atoms in total. The van der Waals surface area contributed by atoms with Gasteiger partial charge in [0, 0.05) is 12.6 Å². The fraction of sp³-hybridized carbons (Fsp3) is 0.267. The first-order valence-electron chi connectivity index (χ1n) is 6.33. The van der Waals surface area contributed by atoms with E-state index in [0.717, 1.165) is 0 Å². The molecule has 0 aromatic heterocycles. The Morgan fingerprint density at radius 3 is 2.43 bits per heavy atom. The summed E-state index contributed by atoms with van der Waals surface area (Å²) >= 11 is 0. The number of rotatable bonds is 5. The second-order valence-electron chi connectivity index (χ2n) is 4.09. The molecule has 0 aliphatic rings. The van der Waals surface area contributed by atoms with Crippen LogP contribution in [0.5, 0.6) is 0 Å². The molecule has 0 saturated heterocycles. The monoisotopic (exact) mass is 288 g/mol. The Morgan fingerprint density at radius 1 is 1.33 bits per heavy atom. The predicted molar refractivity (Wildman–Crippen MR) is 76.4 cm³/mol. The summed E-state index contributed by atoms with van der Waals surface area (Å²) in [5, 5.41) is 18.9. The fourth-order valence-corrected chi connectivity index (χ4v) is 1.65. The number of anilines is 1. The summed E-state index contributed by atoms with van der Waals surface area (Å²) in [5.74, 6) is -1.74. The summed E-state index contributed by atoms with van der Waals surface area (Å²) in [7, 11) is 0. The lowest BCUT2D eigenvalue weighted by molar-refractivity contribution is -0.138. The van der Waals surface area contributed by atoms with Crippen molar-refractivity contribution in [3.05, 3.63) is 41.7 Å². The van der Waals surface area contributed by atoms with Gasteiger partial charge in [-0.2, -0.15) is 5.26 Å². The van der Waals surface area contributed by atoms with Crippen LogP contribution in [0.2, 0.25) is 0 Å². The molecule has 0 saturated carbocycles. The zero-order chi connectivity index (χ0) is 15.8. The highest BCUT2D eigenvalue weighted by atomic mass is 16.5. The van der Waals surface area contributed by atoms with Gasteiger partial charge in [0.25, 0.3) is 0 Å². The van der Waals surface area contributed by atoms with E-state index in [9.17, 15) is 14.7 Å². The van der Waals surface area contributed by atoms with Crippen molar-refractivity contribution in [2.75, 3.05) is 18.1 Å². The Kier molecular flexibility index (Phi) is 5.96. The molecular weight excluding hydrogens is 272 g/mol. The maximum absolute atomic E-state index is 11.7. The second-order valence-corrected chi connectivity index (χ2v) is 4.09. The number of esters is 1. The number of hydrogen-bond donors (Lipinski definition) is 1. The minimum Gasteiger partial charge on any atom is -0.509 e. The largest absolute Gasteiger partial charge is 0.509 e. The van der Waals surface area contributed by atoms with Crippen LogP contribution in [0.25, 0.3) is 0 Å². The second kappa shape index (κ2) is 7.70. The predicted octanol–water partition coefficient (Wildman–Crippen LogP) is 1.94. The first-order chi connectivity index (χ1) is 10.0. The van der Waals surface area contributed by atoms with Crippen molar-refractivity contribution >= 4 is 17.6 Å². The van der Waals surface area contributed by atoms with Gasteiger partial charge in [-0.05, 0) is 19.1 Å². The van der Waals surface area contributed by atoms with Crippen molar-refractivity contribution in [1.29, 1.82) is 5.26 Å². The quantitative estimate of drug-likeness (QED) is 0.387. The topological polar surface area (TPSA) is 90.6 Å². The van der Waals surface area contributed by atoms with Gasteiger partial charge in [-0.25, -0.2) is 4.79 Å². The highest BCUT2D eigenvalue weighted by Crippen LogP contribution is 2.16. The molecule has 6 heteroatoms. The molecule has 1 N–H and O–H groups in total. The first kappa shape index (κ1) is 16.2. The molecule has 0 spiro atoms. The van der Waals surface area contributed by atoms with E-state index in [1.54, 1.807) is 43.3 Å². The van der Waals surface area contributed by atoms with Crippen molar-refractivity contribution in [2.45, 2.75) is 13.8 Å². The van der Waals surface area contributed by atoms with Crippen LogP contribution < -0.4 is 4.90 Å². The number of amides is 1. The van der Waals surface area contributed by atoms with Gasteiger partial charge in [-0.1, -0.05) is 18.2 Å². The summed E-state index contributed by atoms with van der Waals surface area (Å²) in [6.45, 7) is 2.74. The van der Waals surface area contributed by atoms with E-state index < -0.39 is 17.3 Å². The molecule has 110 valence electrons. The minimum absolute atomic E-state index is 0.0897. The average Bonchev–Trinajstić information content (AvgIpc) is 2.46. The smallest absolute Gasteiger partial charge is 0.352 e. The average molecular weight is 288 g/mol. The van der Waals surface area contributed by atoms with E-state index in [-0.39, 0.29) is 19.1 Å². The van der Waals surface area contributed by atoms with Gasteiger partial charge in [0.2, 0.25) is 5.91 Å². The van der Waals surface area contributed by atoms with E-state index in [1.165, 1.54) is 11.8 Å². The van der Waals surface area contributed by atoms with E-state index in [0.29, 0.717) is 5.69 Å². The summed E-state index contributed by atoms with van der Waals surface area (Å²) in [4.78, 5) is 24.5. The van der Waals surface area contributed by atoms with Gasteiger partial charge < -0.3 is 14.7 Å². The number of aliphatic hydroxyl groups is 1. The zero-order valence-electron chi connectivity index (χ0n) is 11.9. The van der Waals surface area contributed by atoms with Gasteiger partial charge in [0.1, 0.15) is 11.8 Å². The van der Waals surface area contributed by atoms with Crippen molar-refractivity contribution in [1.82, 2.24) is 0 Å². The normalized spacial score (nSPS) is 11.1. The van der Waals surface area contributed by atoms with Gasteiger partial charge in [-0.3, -0.25) is 4.79 Å². The lowest BCUT2D eigenvalue weighted by Gasteiger charge is -2.21. The molecule has 0 heterocycles. The third-order valence-electron chi connectivity index (χ3n) is 2.64. The van der Waals surface area contributed by atoms with Crippen LogP contribution in [-0.4, -0.2) is 30.1 Å². The Bertz CT molecular complexity index is 587. The molecule has 21 heavy (non-hydrogen) atoms. The molecule has 0 radical (unpaired) electrons. The van der Waals surface area contributed by atoms with E-state index in [4.69, 9.17) is 5.26 Å². The SMILES string of the molecule is CCOC(=O)/C(C#N)=C(\O)CN(C(C)=O)c1ccccc1. The summed E-state index contributed by atoms with van der Waals surface area (Å²) in [5.41, 5.74) is 0.0525. The number of benzene rings is 1. The molecule has 0 unspecified atom stereocenters. The highest BCUT2D eigenvalue weighted by molar-refractivity contribution is 5.95. The molecule has 0 bridgehead atoms. The van der Waals surface area contributed by atoms with Crippen molar-refractivity contribution in [3.8, 4) is 6.07 Å². The fourth-order valence-electron chi connectivity index (χ4n) is 1.65. The number of carbonyl (C=O) groups is 2. The number of hydrogen-bond acceptors (Lipinski definition) is 5. The van der Waals surface area contributed by atoms with Gasteiger partial charge in [0.05, 0.1) is 13.2 Å². The van der Waals surface area contributed by atoms with Crippen LogP contribution in [0.15, 0.2) is 41.7 Å². The summed E-state index contributed by atoms with van der Waals surface area (Å²) in [6, 6.07) is 10.2. The number of aliphatic hydroxyl groups excluding tert-OH is 1. The molecule has 0 atom stereocenters. The van der Waals surface area contributed by atoms with E-state index in [1.807, 2.05) is 0 Å². The highest BCUT2D eigenvalue weighted by Gasteiger charge is 2.20. The number of nitrogens with zero attached hydrogens (tertiary/aromatic N) is 2. The molecule has 1 aromatic carbocycles. The minimum atomic E-state index is -0.908. The Balaban J connectivity index is 3.06. The third-order valence-corrected chi connectivity index (χ3v) is 2.64. The van der Waals surface area contributed by atoms with Crippen LogP contribution in [0.1, 0.15) is 13.8 Å². The number of carbonyl (C=O) groups excluding carboxylic acids is 2. The van der Waals surface area contributed by atoms with Crippen molar-refractivity contribution in [3.63, 3.8) is 0 Å². The number of para-hydroxylation sites is 1. The van der Waals surface area contributed by atoms with Crippen LogP contribution >= 0.6 is 0 Å². The zero-order valence-corrected chi connectivity index (χ0v) is 11.9. The Hall–Kier alpha value is -2.81. The van der Waals surface area contributed by atoms with Crippen molar-refractivity contribution in [2.24, 2.45) is 0 Å². The van der Waals surface area contributed by atoms with E-state index in [2.05, 4.69) is 4.74 Å². The summed E-state index contributed by atoms with van der Waals surface area (Å²) in [6.07, 6.45) is 0. The first-order valence-corrected chi connectivity index (χ1v) is 6.33. The Labute approximate surface area is 122 Å². The number of ether oxygens (including phenoxy) is 1. The maximum atomic E-state index is 11.7. The van der Waals surface area contributed by atoms with E-state index >= 15 is 0 Å².